The van der Waals surface area contributed by atoms with Gasteiger partial charge < -0.3 is 0 Å². The second-order valence-corrected chi connectivity index (χ2v) is 11.4. The summed E-state index contributed by atoms with van der Waals surface area (Å²) in [5, 5.41) is 2.47. The fourth-order valence-corrected chi connectivity index (χ4v) is 5.77. The van der Waals surface area contributed by atoms with Crippen molar-refractivity contribution in [3.63, 3.8) is 0 Å². The molecule has 0 bridgehead atoms. The average molecular weight is 634 g/mol. The highest BCUT2D eigenvalue weighted by molar-refractivity contribution is 6.05. The number of nitrogens with zero attached hydrogens (tertiary/aromatic N) is 3. The van der Waals surface area contributed by atoms with Crippen LogP contribution in [0.5, 0.6) is 0 Å². The molecule has 0 amide bonds. The molecule has 0 aliphatic rings. The molecule has 8 rings (SSSR count). The Bertz CT molecular complexity index is 2210. The van der Waals surface area contributed by atoms with Crippen LogP contribution in [-0.2, 0) is 0 Å². The lowest BCUT2D eigenvalue weighted by molar-refractivity contribution is 1.07. The SMILES string of the molecule is CC.Cc1ccccc1.c1ccc(-c2ccc(-c3ccc(-c4ccc(-c5ncnc(-c6ccccc6)n5)cc4)c4ccccc34)cc2)cc1. The van der Waals surface area contributed by atoms with Gasteiger partial charge in [0, 0.05) is 11.1 Å². The van der Waals surface area contributed by atoms with E-state index >= 15 is 0 Å². The van der Waals surface area contributed by atoms with Gasteiger partial charge in [-0.2, -0.15) is 0 Å². The maximum Gasteiger partial charge on any atom is 0.163 e. The van der Waals surface area contributed by atoms with Crippen LogP contribution in [0.2, 0.25) is 0 Å². The Labute approximate surface area is 289 Å². The van der Waals surface area contributed by atoms with Crippen LogP contribution < -0.4 is 0 Å². The van der Waals surface area contributed by atoms with Crippen molar-refractivity contribution in [3.8, 4) is 56.2 Å². The van der Waals surface area contributed by atoms with Crippen molar-refractivity contribution >= 4 is 10.8 Å². The minimum Gasteiger partial charge on any atom is -0.217 e. The van der Waals surface area contributed by atoms with Crippen LogP contribution in [0.25, 0.3) is 66.9 Å². The lowest BCUT2D eigenvalue weighted by Gasteiger charge is -2.13. The molecule has 238 valence electrons. The molecule has 3 nitrogen and oxygen atoms in total. The molecule has 0 aliphatic carbocycles. The Balaban J connectivity index is 0.000000409. The molecular formula is C46H39N3. The fourth-order valence-electron chi connectivity index (χ4n) is 5.77. The molecule has 0 saturated carbocycles. The first-order valence-electron chi connectivity index (χ1n) is 16.8. The van der Waals surface area contributed by atoms with Gasteiger partial charge in [-0.25, -0.2) is 15.0 Å². The van der Waals surface area contributed by atoms with Crippen LogP contribution in [0.4, 0.5) is 0 Å². The summed E-state index contributed by atoms with van der Waals surface area (Å²) >= 11 is 0. The van der Waals surface area contributed by atoms with E-state index in [1.165, 1.54) is 44.2 Å². The number of aromatic nitrogens is 3. The molecule has 1 aromatic heterocycles. The zero-order chi connectivity index (χ0) is 33.8. The van der Waals surface area contributed by atoms with Crippen molar-refractivity contribution in [2.75, 3.05) is 0 Å². The molecule has 0 spiro atoms. The second kappa shape index (κ2) is 16.1. The van der Waals surface area contributed by atoms with Gasteiger partial charge >= 0.3 is 0 Å². The van der Waals surface area contributed by atoms with Gasteiger partial charge in [0.25, 0.3) is 0 Å². The molecule has 8 aromatic rings. The van der Waals surface area contributed by atoms with Gasteiger partial charge in [0.05, 0.1) is 0 Å². The third-order valence-corrected chi connectivity index (χ3v) is 8.23. The van der Waals surface area contributed by atoms with Crippen LogP contribution in [-0.4, -0.2) is 15.0 Å². The number of benzene rings is 7. The van der Waals surface area contributed by atoms with Crippen LogP contribution in [0.1, 0.15) is 19.4 Å². The van der Waals surface area contributed by atoms with Crippen LogP contribution in [0.15, 0.2) is 182 Å². The largest absolute Gasteiger partial charge is 0.217 e. The summed E-state index contributed by atoms with van der Waals surface area (Å²) < 4.78 is 0. The van der Waals surface area contributed by atoms with Crippen molar-refractivity contribution < 1.29 is 0 Å². The van der Waals surface area contributed by atoms with Gasteiger partial charge in [-0.1, -0.05) is 195 Å². The Morgan fingerprint density at radius 2 is 0.673 bits per heavy atom. The molecule has 49 heavy (non-hydrogen) atoms. The van der Waals surface area contributed by atoms with Crippen molar-refractivity contribution in [1.29, 1.82) is 0 Å². The van der Waals surface area contributed by atoms with Crippen LogP contribution >= 0.6 is 0 Å². The van der Waals surface area contributed by atoms with Gasteiger partial charge in [-0.15, -0.1) is 0 Å². The number of rotatable bonds is 5. The molecule has 7 aromatic carbocycles. The average Bonchev–Trinajstić information content (AvgIpc) is 3.20. The van der Waals surface area contributed by atoms with Crippen molar-refractivity contribution in [2.24, 2.45) is 0 Å². The monoisotopic (exact) mass is 633 g/mol. The zero-order valence-electron chi connectivity index (χ0n) is 28.2. The quantitative estimate of drug-likeness (QED) is 0.189. The Kier molecular flexibility index (Phi) is 10.7. The highest BCUT2D eigenvalue weighted by Gasteiger charge is 2.11. The molecule has 0 unspecified atom stereocenters. The van der Waals surface area contributed by atoms with Crippen LogP contribution in [0.3, 0.4) is 0 Å². The maximum atomic E-state index is 4.71. The molecule has 0 N–H and O–H groups in total. The smallest absolute Gasteiger partial charge is 0.163 e. The first-order valence-corrected chi connectivity index (χ1v) is 16.8. The molecule has 0 atom stereocenters. The highest BCUT2D eigenvalue weighted by atomic mass is 15.0. The summed E-state index contributed by atoms with van der Waals surface area (Å²) in [7, 11) is 0. The molecule has 0 radical (unpaired) electrons. The lowest BCUT2D eigenvalue weighted by Crippen LogP contribution is -1.95. The van der Waals surface area contributed by atoms with E-state index in [0.717, 1.165) is 16.7 Å². The molecule has 3 heteroatoms. The minimum absolute atomic E-state index is 0.666. The molecule has 0 saturated heterocycles. The first kappa shape index (κ1) is 32.7. The van der Waals surface area contributed by atoms with E-state index in [1.54, 1.807) is 6.33 Å². The van der Waals surface area contributed by atoms with E-state index < -0.39 is 0 Å². The van der Waals surface area contributed by atoms with Gasteiger partial charge in [-0.05, 0) is 51.1 Å². The molecule has 1 heterocycles. The summed E-state index contributed by atoms with van der Waals surface area (Å²) in [6.45, 7) is 6.08. The Morgan fingerprint density at radius 3 is 1.12 bits per heavy atom. The topological polar surface area (TPSA) is 38.7 Å². The zero-order valence-corrected chi connectivity index (χ0v) is 28.2. The number of hydrogen-bond donors (Lipinski definition) is 0. The first-order chi connectivity index (χ1) is 24.2. The number of aryl methyl sites for hydroxylation is 1. The lowest BCUT2D eigenvalue weighted by atomic mass is 9.91. The van der Waals surface area contributed by atoms with Crippen molar-refractivity contribution in [1.82, 2.24) is 15.0 Å². The summed E-state index contributed by atoms with van der Waals surface area (Å²) in [4.78, 5) is 13.5. The van der Waals surface area contributed by atoms with E-state index in [4.69, 9.17) is 4.98 Å². The molecule has 0 fully saturated rings. The van der Waals surface area contributed by atoms with E-state index in [2.05, 4.69) is 138 Å². The summed E-state index contributed by atoms with van der Waals surface area (Å²) in [6.07, 6.45) is 1.58. The fraction of sp³-hybridized carbons (Fsp3) is 0.0652. The molecule has 0 aliphatic heterocycles. The predicted molar refractivity (Wildman–Crippen MR) is 207 cm³/mol. The van der Waals surface area contributed by atoms with E-state index in [1.807, 2.05) is 68.4 Å². The highest BCUT2D eigenvalue weighted by Crippen LogP contribution is 2.37. The van der Waals surface area contributed by atoms with E-state index in [0.29, 0.717) is 11.6 Å². The van der Waals surface area contributed by atoms with E-state index in [9.17, 15) is 0 Å². The summed E-state index contributed by atoms with van der Waals surface area (Å²) in [5.74, 6) is 1.34. The van der Waals surface area contributed by atoms with Gasteiger partial charge in [0.2, 0.25) is 0 Å². The normalized spacial score (nSPS) is 10.3. The number of fused-ring (bicyclic) bond motifs is 1. The molecular weight excluding hydrogens is 595 g/mol. The predicted octanol–water partition coefficient (Wildman–Crippen LogP) is 12.4. The van der Waals surface area contributed by atoms with Gasteiger partial charge in [0.15, 0.2) is 11.6 Å². The third-order valence-electron chi connectivity index (χ3n) is 8.23. The van der Waals surface area contributed by atoms with Gasteiger partial charge in [0.1, 0.15) is 6.33 Å². The Hall–Kier alpha value is -6.19. The second-order valence-electron chi connectivity index (χ2n) is 11.4. The summed E-state index contributed by atoms with van der Waals surface area (Å²) in [5.41, 5.74) is 10.5. The summed E-state index contributed by atoms with van der Waals surface area (Å²) in [6, 6.07) is 61.2. The minimum atomic E-state index is 0.666. The van der Waals surface area contributed by atoms with Crippen molar-refractivity contribution in [3.05, 3.63) is 188 Å². The Morgan fingerprint density at radius 1 is 0.327 bits per heavy atom. The van der Waals surface area contributed by atoms with E-state index in [-0.39, 0.29) is 0 Å². The van der Waals surface area contributed by atoms with Crippen LogP contribution in [0, 0.1) is 6.92 Å². The number of hydrogen-bond acceptors (Lipinski definition) is 3. The van der Waals surface area contributed by atoms with Crippen molar-refractivity contribution in [2.45, 2.75) is 20.8 Å². The van der Waals surface area contributed by atoms with Gasteiger partial charge in [-0.3, -0.25) is 0 Å². The maximum absolute atomic E-state index is 4.71. The third kappa shape index (κ3) is 7.86. The standard InChI is InChI=1S/C37H25N3.C7H8.C2H6/c1-3-9-26(10-4-1)27-15-17-28(18-16-27)32-23-24-33(35-14-8-7-13-34(32)35)29-19-21-31(22-20-29)37-39-25-38-36(40-37)30-11-5-2-6-12-30;1-7-5-3-2-4-6-7;1-2/h1-25H;2-6H,1H3;1-2H3.